The molecule has 2 N–H and O–H groups in total. The fraction of sp³-hybridized carbons (Fsp3) is 1.00. The molecule has 1 fully saturated rings. The van der Waals surface area contributed by atoms with Crippen molar-refractivity contribution in [3.8, 4) is 0 Å². The third-order valence-electron chi connectivity index (χ3n) is 2.49. The zero-order valence-corrected chi connectivity index (χ0v) is 8.68. The molecule has 0 aliphatic heterocycles. The van der Waals surface area contributed by atoms with E-state index in [1.165, 1.54) is 19.3 Å². The minimum atomic E-state index is -0.475. The quantitative estimate of drug-likeness (QED) is 0.659. The second kappa shape index (κ2) is 3.00. The summed E-state index contributed by atoms with van der Waals surface area (Å²) in [5.74, 6) is 0.741. The fourth-order valence-electron chi connectivity index (χ4n) is 1.91. The first-order valence-corrected chi connectivity index (χ1v) is 4.86. The highest BCUT2D eigenvalue weighted by Crippen LogP contribution is 2.50. The Morgan fingerprint density at radius 1 is 1.58 bits per heavy atom. The molecule has 0 aromatic carbocycles. The zero-order valence-electron chi connectivity index (χ0n) is 8.68. The van der Waals surface area contributed by atoms with Gasteiger partial charge in [0.05, 0.1) is 5.60 Å². The van der Waals surface area contributed by atoms with E-state index in [9.17, 15) is 0 Å². The predicted octanol–water partition coefficient (Wildman–Crippen LogP) is 2.28. The van der Waals surface area contributed by atoms with Crippen molar-refractivity contribution in [1.82, 2.24) is 0 Å². The van der Waals surface area contributed by atoms with Gasteiger partial charge in [0.25, 0.3) is 0 Å². The molecule has 0 spiro atoms. The Labute approximate surface area is 75.5 Å². The third-order valence-corrected chi connectivity index (χ3v) is 2.49. The van der Waals surface area contributed by atoms with Crippen LogP contribution < -0.4 is 5.73 Å². The minimum Gasteiger partial charge on any atom is -0.355 e. The van der Waals surface area contributed by atoms with Gasteiger partial charge >= 0.3 is 0 Å². The third kappa shape index (κ3) is 2.46. The summed E-state index contributed by atoms with van der Waals surface area (Å²) in [5.41, 5.74) is 5.40. The molecule has 0 radical (unpaired) electrons. The van der Waals surface area contributed by atoms with Gasteiger partial charge in [0.1, 0.15) is 5.72 Å². The molecule has 0 saturated heterocycles. The molecule has 2 heteroatoms. The van der Waals surface area contributed by atoms with Crippen molar-refractivity contribution in [2.24, 2.45) is 11.7 Å². The van der Waals surface area contributed by atoms with Gasteiger partial charge in [-0.3, -0.25) is 0 Å². The topological polar surface area (TPSA) is 35.2 Å². The van der Waals surface area contributed by atoms with Crippen LogP contribution >= 0.6 is 0 Å². The lowest BCUT2D eigenvalue weighted by Crippen LogP contribution is -2.40. The molecule has 0 heterocycles. The maximum atomic E-state index is 5.80. The van der Waals surface area contributed by atoms with Crippen molar-refractivity contribution in [2.75, 3.05) is 0 Å². The summed E-state index contributed by atoms with van der Waals surface area (Å²) in [7, 11) is 0. The van der Waals surface area contributed by atoms with E-state index in [1.807, 2.05) is 13.8 Å². The highest BCUT2D eigenvalue weighted by Gasteiger charge is 2.52. The van der Waals surface area contributed by atoms with Crippen molar-refractivity contribution >= 4 is 0 Å². The Kier molecular flexibility index (Phi) is 2.50. The van der Waals surface area contributed by atoms with E-state index in [1.54, 1.807) is 0 Å². The molecule has 1 saturated carbocycles. The van der Waals surface area contributed by atoms with Gasteiger partial charge in [-0.2, -0.15) is 0 Å². The van der Waals surface area contributed by atoms with Crippen LogP contribution in [0, 0.1) is 5.92 Å². The Bertz CT molecular complexity index is 162. The van der Waals surface area contributed by atoms with Gasteiger partial charge in [-0.1, -0.05) is 13.3 Å². The first-order valence-electron chi connectivity index (χ1n) is 4.86. The highest BCUT2D eigenvalue weighted by atomic mass is 16.5. The highest BCUT2D eigenvalue weighted by molar-refractivity contribution is 5.02. The van der Waals surface area contributed by atoms with E-state index in [-0.39, 0.29) is 5.60 Å². The second-order valence-corrected chi connectivity index (χ2v) is 4.71. The van der Waals surface area contributed by atoms with E-state index < -0.39 is 5.72 Å². The fourth-order valence-corrected chi connectivity index (χ4v) is 1.91. The predicted molar refractivity (Wildman–Crippen MR) is 50.8 cm³/mol. The van der Waals surface area contributed by atoms with Crippen LogP contribution in [0.3, 0.4) is 0 Å². The summed E-state index contributed by atoms with van der Waals surface area (Å²) in [6.07, 6.45) is 3.70. The first kappa shape index (κ1) is 10.0. The van der Waals surface area contributed by atoms with Gasteiger partial charge in [0.2, 0.25) is 0 Å². The summed E-state index contributed by atoms with van der Waals surface area (Å²) in [6.45, 7) is 8.22. The summed E-state index contributed by atoms with van der Waals surface area (Å²) in [5, 5.41) is 0. The Hall–Kier alpha value is -0.0800. The van der Waals surface area contributed by atoms with Gasteiger partial charge < -0.3 is 10.5 Å². The van der Waals surface area contributed by atoms with Gasteiger partial charge in [-0.15, -0.1) is 0 Å². The van der Waals surface area contributed by atoms with Crippen molar-refractivity contribution < 1.29 is 4.74 Å². The molecule has 0 bridgehead atoms. The Morgan fingerprint density at radius 3 is 2.58 bits per heavy atom. The van der Waals surface area contributed by atoms with Gasteiger partial charge in [-0.25, -0.2) is 0 Å². The Morgan fingerprint density at radius 2 is 2.17 bits per heavy atom. The van der Waals surface area contributed by atoms with E-state index in [0.717, 1.165) is 5.92 Å². The van der Waals surface area contributed by atoms with Gasteiger partial charge in [-0.05, 0) is 39.5 Å². The van der Waals surface area contributed by atoms with Crippen LogP contribution in [0.1, 0.15) is 47.0 Å². The molecule has 2 atom stereocenters. The van der Waals surface area contributed by atoms with Crippen LogP contribution in [0.5, 0.6) is 0 Å². The van der Waals surface area contributed by atoms with Crippen LogP contribution in [-0.2, 0) is 4.74 Å². The molecule has 0 amide bonds. The lowest BCUT2D eigenvalue weighted by Gasteiger charge is -2.25. The van der Waals surface area contributed by atoms with E-state index >= 15 is 0 Å². The molecular formula is C10H21NO. The first-order chi connectivity index (χ1) is 5.37. The molecule has 1 aliphatic carbocycles. The average molecular weight is 171 g/mol. The SMILES string of the molecule is CCCC1CC1(C)OC(C)(C)N. The molecule has 0 aromatic rings. The maximum absolute atomic E-state index is 5.80. The largest absolute Gasteiger partial charge is 0.355 e. The van der Waals surface area contributed by atoms with E-state index in [4.69, 9.17) is 10.5 Å². The molecule has 0 aromatic heterocycles. The molecule has 1 rings (SSSR count). The van der Waals surface area contributed by atoms with Crippen molar-refractivity contribution in [1.29, 1.82) is 0 Å². The number of nitrogens with two attached hydrogens (primary N) is 1. The normalized spacial score (nSPS) is 35.2. The molecule has 2 nitrogen and oxygen atoms in total. The summed E-state index contributed by atoms with van der Waals surface area (Å²) in [4.78, 5) is 0. The summed E-state index contributed by atoms with van der Waals surface area (Å²) < 4.78 is 5.78. The van der Waals surface area contributed by atoms with Crippen LogP contribution in [0.15, 0.2) is 0 Å². The second-order valence-electron chi connectivity index (χ2n) is 4.71. The van der Waals surface area contributed by atoms with Crippen molar-refractivity contribution in [2.45, 2.75) is 58.3 Å². The summed E-state index contributed by atoms with van der Waals surface area (Å²) in [6, 6.07) is 0. The number of rotatable bonds is 4. The van der Waals surface area contributed by atoms with Crippen molar-refractivity contribution in [3.63, 3.8) is 0 Å². The smallest absolute Gasteiger partial charge is 0.111 e. The van der Waals surface area contributed by atoms with Crippen molar-refractivity contribution in [3.05, 3.63) is 0 Å². The van der Waals surface area contributed by atoms with Crippen LogP contribution in [0.2, 0.25) is 0 Å². The van der Waals surface area contributed by atoms with Gasteiger partial charge in [0, 0.05) is 0 Å². The van der Waals surface area contributed by atoms with E-state index in [2.05, 4.69) is 13.8 Å². The van der Waals surface area contributed by atoms with Crippen LogP contribution in [-0.4, -0.2) is 11.3 Å². The molecule has 72 valence electrons. The Balaban J connectivity index is 2.35. The lowest BCUT2D eigenvalue weighted by molar-refractivity contribution is -0.0829. The molecule has 2 unspecified atom stereocenters. The lowest BCUT2D eigenvalue weighted by atomic mass is 10.2. The number of hydrogen-bond donors (Lipinski definition) is 1. The molecule has 1 aliphatic rings. The summed E-state index contributed by atoms with van der Waals surface area (Å²) >= 11 is 0. The zero-order chi connectivity index (χ0) is 9.41. The van der Waals surface area contributed by atoms with Crippen LogP contribution in [0.25, 0.3) is 0 Å². The molecular weight excluding hydrogens is 150 g/mol. The number of hydrogen-bond acceptors (Lipinski definition) is 2. The maximum Gasteiger partial charge on any atom is 0.111 e. The molecule has 12 heavy (non-hydrogen) atoms. The minimum absolute atomic E-state index is 0.0776. The number of ether oxygens (including phenoxy) is 1. The van der Waals surface area contributed by atoms with Crippen LogP contribution in [0.4, 0.5) is 0 Å². The monoisotopic (exact) mass is 171 g/mol. The van der Waals surface area contributed by atoms with Gasteiger partial charge in [0.15, 0.2) is 0 Å². The van der Waals surface area contributed by atoms with E-state index in [0.29, 0.717) is 0 Å². The average Bonchev–Trinajstić information content (AvgIpc) is 2.37. The standard InChI is InChI=1S/C10H21NO/c1-5-6-8-7-10(8,4)12-9(2,3)11/h8H,5-7,11H2,1-4H3.